The van der Waals surface area contributed by atoms with Crippen LogP contribution in [0, 0.1) is 5.92 Å². The fourth-order valence-electron chi connectivity index (χ4n) is 2.29. The number of aliphatic hydroxyl groups excluding tert-OH is 1. The van der Waals surface area contributed by atoms with Crippen LogP contribution in [0.1, 0.15) is 26.2 Å². The van der Waals surface area contributed by atoms with E-state index < -0.39 is 0 Å². The molecular formula is C13H27NO3. The van der Waals surface area contributed by atoms with Gasteiger partial charge in [-0.25, -0.2) is 0 Å². The summed E-state index contributed by atoms with van der Waals surface area (Å²) in [4.78, 5) is 2.34. The first-order chi connectivity index (χ1) is 8.26. The second-order valence-electron chi connectivity index (χ2n) is 4.87. The van der Waals surface area contributed by atoms with Gasteiger partial charge < -0.3 is 19.5 Å². The molecule has 1 rings (SSSR count). The summed E-state index contributed by atoms with van der Waals surface area (Å²) in [5.41, 5.74) is 0. The van der Waals surface area contributed by atoms with E-state index in [1.807, 2.05) is 0 Å². The molecule has 0 saturated carbocycles. The molecule has 0 aromatic heterocycles. The maximum Gasteiger partial charge on any atom is 0.0900 e. The molecule has 0 bridgehead atoms. The van der Waals surface area contributed by atoms with Gasteiger partial charge in [0.05, 0.1) is 25.9 Å². The molecular weight excluding hydrogens is 218 g/mol. The third-order valence-electron chi connectivity index (χ3n) is 3.50. The number of aliphatic hydroxyl groups is 1. The molecule has 1 fully saturated rings. The molecule has 1 unspecified atom stereocenters. The minimum Gasteiger partial charge on any atom is -0.389 e. The predicted molar refractivity (Wildman–Crippen MR) is 68.2 cm³/mol. The average molecular weight is 245 g/mol. The molecule has 0 radical (unpaired) electrons. The van der Waals surface area contributed by atoms with Gasteiger partial charge in [0.1, 0.15) is 0 Å². The fraction of sp³-hybridized carbons (Fsp3) is 1.00. The zero-order valence-corrected chi connectivity index (χ0v) is 11.2. The van der Waals surface area contributed by atoms with Crippen LogP contribution in [0.5, 0.6) is 0 Å². The van der Waals surface area contributed by atoms with Crippen molar-refractivity contribution in [2.24, 2.45) is 5.92 Å². The van der Waals surface area contributed by atoms with E-state index in [0.717, 1.165) is 25.6 Å². The number of nitrogens with zero attached hydrogens (tertiary/aromatic N) is 1. The lowest BCUT2D eigenvalue weighted by Crippen LogP contribution is -2.40. The van der Waals surface area contributed by atoms with Gasteiger partial charge in [-0.2, -0.15) is 0 Å². The van der Waals surface area contributed by atoms with E-state index in [1.54, 1.807) is 7.11 Å². The van der Waals surface area contributed by atoms with E-state index in [-0.39, 0.29) is 6.10 Å². The Morgan fingerprint density at radius 2 is 2.00 bits per heavy atom. The van der Waals surface area contributed by atoms with Crippen LogP contribution in [0.4, 0.5) is 0 Å². The summed E-state index contributed by atoms with van der Waals surface area (Å²) in [5, 5.41) is 9.82. The van der Waals surface area contributed by atoms with Crippen molar-refractivity contribution in [2.75, 3.05) is 46.6 Å². The Morgan fingerprint density at radius 1 is 1.29 bits per heavy atom. The summed E-state index contributed by atoms with van der Waals surface area (Å²) in [6.07, 6.45) is 3.46. The lowest BCUT2D eigenvalue weighted by atomic mass is 9.94. The van der Waals surface area contributed by atoms with Crippen LogP contribution in [-0.4, -0.2) is 62.7 Å². The average Bonchev–Trinajstić information content (AvgIpc) is 2.36. The zero-order valence-electron chi connectivity index (χ0n) is 11.2. The molecule has 4 heteroatoms. The first kappa shape index (κ1) is 14.9. The van der Waals surface area contributed by atoms with Gasteiger partial charge in [-0.15, -0.1) is 0 Å². The summed E-state index contributed by atoms with van der Waals surface area (Å²) in [7, 11) is 1.65. The molecule has 1 saturated heterocycles. The molecule has 4 nitrogen and oxygen atoms in total. The third kappa shape index (κ3) is 6.36. The van der Waals surface area contributed by atoms with Crippen LogP contribution in [0.15, 0.2) is 0 Å². The van der Waals surface area contributed by atoms with Gasteiger partial charge in [-0.1, -0.05) is 13.3 Å². The molecule has 0 aliphatic carbocycles. The van der Waals surface area contributed by atoms with Crippen molar-refractivity contribution in [1.82, 2.24) is 4.90 Å². The maximum atomic E-state index is 9.82. The standard InChI is InChI=1S/C13H27NO3/c1-3-12-4-6-14(7-5-12)10-13(15)11-17-9-8-16-2/h12-13,15H,3-11H2,1-2H3. The minimum atomic E-state index is -0.370. The third-order valence-corrected chi connectivity index (χ3v) is 3.50. The van der Waals surface area contributed by atoms with Crippen molar-refractivity contribution in [2.45, 2.75) is 32.3 Å². The van der Waals surface area contributed by atoms with Crippen LogP contribution in [0.25, 0.3) is 0 Å². The van der Waals surface area contributed by atoms with E-state index in [0.29, 0.717) is 19.8 Å². The Kier molecular flexibility index (Phi) is 7.77. The highest BCUT2D eigenvalue weighted by Gasteiger charge is 2.19. The van der Waals surface area contributed by atoms with Crippen LogP contribution in [0.2, 0.25) is 0 Å². The van der Waals surface area contributed by atoms with E-state index in [1.165, 1.54) is 19.3 Å². The van der Waals surface area contributed by atoms with Gasteiger partial charge in [-0.05, 0) is 31.8 Å². The molecule has 1 heterocycles. The highest BCUT2D eigenvalue weighted by atomic mass is 16.5. The quantitative estimate of drug-likeness (QED) is 0.651. The molecule has 1 atom stereocenters. The monoisotopic (exact) mass is 245 g/mol. The topological polar surface area (TPSA) is 41.9 Å². The summed E-state index contributed by atoms with van der Waals surface area (Å²) < 4.78 is 10.2. The normalized spacial score (nSPS) is 20.6. The summed E-state index contributed by atoms with van der Waals surface area (Å²) >= 11 is 0. The SMILES string of the molecule is CCC1CCN(CC(O)COCCOC)CC1. The van der Waals surface area contributed by atoms with Gasteiger partial charge in [0, 0.05) is 13.7 Å². The highest BCUT2D eigenvalue weighted by molar-refractivity contribution is 4.73. The Balaban J connectivity index is 2.04. The fourth-order valence-corrected chi connectivity index (χ4v) is 2.29. The summed E-state index contributed by atoms with van der Waals surface area (Å²) in [6.45, 7) is 6.81. The van der Waals surface area contributed by atoms with Crippen molar-refractivity contribution in [3.63, 3.8) is 0 Å². The second-order valence-corrected chi connectivity index (χ2v) is 4.87. The molecule has 1 aliphatic heterocycles. The van der Waals surface area contributed by atoms with E-state index in [9.17, 15) is 5.11 Å². The summed E-state index contributed by atoms with van der Waals surface area (Å²) in [6, 6.07) is 0. The van der Waals surface area contributed by atoms with E-state index in [4.69, 9.17) is 9.47 Å². The molecule has 0 aromatic carbocycles. The van der Waals surface area contributed by atoms with Crippen molar-refractivity contribution < 1.29 is 14.6 Å². The van der Waals surface area contributed by atoms with Gasteiger partial charge in [0.2, 0.25) is 0 Å². The zero-order chi connectivity index (χ0) is 12.5. The number of β-amino-alcohol motifs (C(OH)–C–C–N with tert-alkyl or cyclic N) is 1. The summed E-state index contributed by atoms with van der Waals surface area (Å²) in [5.74, 6) is 0.890. The Hall–Kier alpha value is -0.160. The number of likely N-dealkylation sites (tertiary alicyclic amines) is 1. The first-order valence-electron chi connectivity index (χ1n) is 6.73. The number of piperidine rings is 1. The van der Waals surface area contributed by atoms with Crippen molar-refractivity contribution in [3.05, 3.63) is 0 Å². The number of rotatable bonds is 8. The lowest BCUT2D eigenvalue weighted by Gasteiger charge is -2.32. The Bertz CT molecular complexity index is 182. The van der Waals surface area contributed by atoms with Gasteiger partial charge in [0.15, 0.2) is 0 Å². The van der Waals surface area contributed by atoms with E-state index in [2.05, 4.69) is 11.8 Å². The number of hydrogen-bond donors (Lipinski definition) is 1. The molecule has 0 amide bonds. The first-order valence-corrected chi connectivity index (χ1v) is 6.73. The van der Waals surface area contributed by atoms with Gasteiger partial charge in [-0.3, -0.25) is 0 Å². The van der Waals surface area contributed by atoms with Crippen LogP contribution >= 0.6 is 0 Å². The Labute approximate surface area is 105 Å². The van der Waals surface area contributed by atoms with E-state index >= 15 is 0 Å². The number of methoxy groups -OCH3 is 1. The largest absolute Gasteiger partial charge is 0.389 e. The van der Waals surface area contributed by atoms with Crippen LogP contribution < -0.4 is 0 Å². The minimum absolute atomic E-state index is 0.370. The van der Waals surface area contributed by atoms with Gasteiger partial charge in [0.25, 0.3) is 0 Å². The van der Waals surface area contributed by atoms with Crippen LogP contribution in [-0.2, 0) is 9.47 Å². The molecule has 1 aliphatic rings. The van der Waals surface area contributed by atoms with Crippen molar-refractivity contribution >= 4 is 0 Å². The highest BCUT2D eigenvalue weighted by Crippen LogP contribution is 2.19. The number of hydrogen-bond acceptors (Lipinski definition) is 4. The molecule has 102 valence electrons. The molecule has 17 heavy (non-hydrogen) atoms. The van der Waals surface area contributed by atoms with Crippen LogP contribution in [0.3, 0.4) is 0 Å². The number of ether oxygens (including phenoxy) is 2. The maximum absolute atomic E-state index is 9.82. The van der Waals surface area contributed by atoms with Crippen molar-refractivity contribution in [1.29, 1.82) is 0 Å². The van der Waals surface area contributed by atoms with Crippen molar-refractivity contribution in [3.8, 4) is 0 Å². The smallest absolute Gasteiger partial charge is 0.0900 e. The lowest BCUT2D eigenvalue weighted by molar-refractivity contribution is -0.00466. The molecule has 1 N–H and O–H groups in total. The Morgan fingerprint density at radius 3 is 2.59 bits per heavy atom. The van der Waals surface area contributed by atoms with Gasteiger partial charge >= 0.3 is 0 Å². The molecule has 0 aromatic rings. The second kappa shape index (κ2) is 8.86. The predicted octanol–water partition coefficient (Wildman–Crippen LogP) is 1.13. The molecule has 0 spiro atoms.